The molecule has 1 atom stereocenters. The summed E-state index contributed by atoms with van der Waals surface area (Å²) in [6.45, 7) is 1.03. The van der Waals surface area contributed by atoms with Crippen molar-refractivity contribution >= 4 is 0 Å². The van der Waals surface area contributed by atoms with E-state index < -0.39 is 5.41 Å². The third-order valence-electron chi connectivity index (χ3n) is 2.49. The molecular weight excluding hydrogens is 188 g/mol. The van der Waals surface area contributed by atoms with Crippen molar-refractivity contribution in [1.82, 2.24) is 0 Å². The van der Waals surface area contributed by atoms with Crippen molar-refractivity contribution in [3.63, 3.8) is 0 Å². The first-order chi connectivity index (χ1) is 6.76. The van der Waals surface area contributed by atoms with Crippen molar-refractivity contribution in [2.75, 3.05) is 39.6 Å². The summed E-state index contributed by atoms with van der Waals surface area (Å²) >= 11 is 0. The SMILES string of the molecule is OCC(CO)(CO)CCOCC1CO1. The standard InChI is InChI=1S/C9H18O5/c10-5-9(6-11,7-12)1-2-13-3-8-4-14-8/h8,10-12H,1-7H2. The van der Waals surface area contributed by atoms with Crippen LogP contribution in [-0.4, -0.2) is 61.1 Å². The van der Waals surface area contributed by atoms with Gasteiger partial charge in [0.15, 0.2) is 0 Å². The highest BCUT2D eigenvalue weighted by Gasteiger charge is 2.28. The van der Waals surface area contributed by atoms with Crippen molar-refractivity contribution in [2.45, 2.75) is 12.5 Å². The maximum atomic E-state index is 9.00. The molecular formula is C9H18O5. The molecule has 1 saturated heterocycles. The van der Waals surface area contributed by atoms with Crippen molar-refractivity contribution in [2.24, 2.45) is 5.41 Å². The predicted octanol–water partition coefficient (Wildman–Crippen LogP) is -1.24. The van der Waals surface area contributed by atoms with Crippen LogP contribution in [-0.2, 0) is 9.47 Å². The van der Waals surface area contributed by atoms with E-state index in [0.29, 0.717) is 19.6 Å². The van der Waals surface area contributed by atoms with Crippen LogP contribution in [0.3, 0.4) is 0 Å². The molecule has 0 bridgehead atoms. The van der Waals surface area contributed by atoms with Crippen molar-refractivity contribution < 1.29 is 24.8 Å². The minimum atomic E-state index is -0.815. The lowest BCUT2D eigenvalue weighted by Crippen LogP contribution is -2.35. The Labute approximate surface area is 83.3 Å². The van der Waals surface area contributed by atoms with Gasteiger partial charge in [-0.25, -0.2) is 0 Å². The molecule has 1 rings (SSSR count). The van der Waals surface area contributed by atoms with E-state index in [1.807, 2.05) is 0 Å². The van der Waals surface area contributed by atoms with E-state index in [2.05, 4.69) is 0 Å². The molecule has 0 aromatic rings. The summed E-state index contributed by atoms with van der Waals surface area (Å²) in [5.74, 6) is 0. The molecule has 0 aliphatic carbocycles. The lowest BCUT2D eigenvalue weighted by molar-refractivity contribution is -0.0223. The minimum absolute atomic E-state index is 0.224. The number of ether oxygens (including phenoxy) is 2. The van der Waals surface area contributed by atoms with E-state index in [1.165, 1.54) is 0 Å². The Morgan fingerprint density at radius 3 is 2.21 bits per heavy atom. The van der Waals surface area contributed by atoms with Crippen LogP contribution >= 0.6 is 0 Å². The summed E-state index contributed by atoms with van der Waals surface area (Å²) in [6.07, 6.45) is 0.672. The fourth-order valence-corrected chi connectivity index (χ4v) is 1.05. The number of hydrogen-bond acceptors (Lipinski definition) is 5. The summed E-state index contributed by atoms with van der Waals surface area (Å²) in [6, 6.07) is 0. The lowest BCUT2D eigenvalue weighted by atomic mass is 9.88. The van der Waals surface area contributed by atoms with E-state index in [4.69, 9.17) is 24.8 Å². The Morgan fingerprint density at radius 2 is 1.79 bits per heavy atom. The average Bonchev–Trinajstić information content (AvgIpc) is 3.03. The first-order valence-electron chi connectivity index (χ1n) is 4.78. The Kier molecular flexibility index (Phi) is 4.77. The fourth-order valence-electron chi connectivity index (χ4n) is 1.05. The zero-order chi connectivity index (χ0) is 10.4. The van der Waals surface area contributed by atoms with E-state index in [1.54, 1.807) is 0 Å². The quantitative estimate of drug-likeness (QED) is 0.341. The highest BCUT2D eigenvalue weighted by atomic mass is 16.6. The fraction of sp³-hybridized carbons (Fsp3) is 1.00. The van der Waals surface area contributed by atoms with Crippen LogP contribution < -0.4 is 0 Å². The molecule has 0 amide bonds. The highest BCUT2D eigenvalue weighted by molar-refractivity contribution is 4.77. The Balaban J connectivity index is 2.11. The van der Waals surface area contributed by atoms with Crippen LogP contribution in [0.4, 0.5) is 0 Å². The minimum Gasteiger partial charge on any atom is -0.396 e. The van der Waals surface area contributed by atoms with E-state index >= 15 is 0 Å². The normalized spacial score (nSPS) is 21.2. The predicted molar refractivity (Wildman–Crippen MR) is 48.9 cm³/mol. The third-order valence-corrected chi connectivity index (χ3v) is 2.49. The molecule has 84 valence electrons. The smallest absolute Gasteiger partial charge is 0.104 e. The van der Waals surface area contributed by atoms with Gasteiger partial charge in [0.25, 0.3) is 0 Å². The topological polar surface area (TPSA) is 82.5 Å². The third kappa shape index (κ3) is 3.51. The second-order valence-corrected chi connectivity index (χ2v) is 3.75. The van der Waals surface area contributed by atoms with Crippen LogP contribution in [0, 0.1) is 5.41 Å². The molecule has 3 N–H and O–H groups in total. The zero-order valence-corrected chi connectivity index (χ0v) is 8.19. The maximum absolute atomic E-state index is 9.00. The molecule has 1 unspecified atom stereocenters. The molecule has 1 heterocycles. The monoisotopic (exact) mass is 206 g/mol. The van der Waals surface area contributed by atoms with Gasteiger partial charge < -0.3 is 24.8 Å². The molecule has 14 heavy (non-hydrogen) atoms. The molecule has 1 fully saturated rings. The summed E-state index contributed by atoms with van der Waals surface area (Å²) in [5, 5.41) is 27.0. The van der Waals surface area contributed by atoms with Gasteiger partial charge in [0.05, 0.1) is 33.0 Å². The first-order valence-corrected chi connectivity index (χ1v) is 4.78. The first kappa shape index (κ1) is 11.9. The molecule has 1 aliphatic heterocycles. The van der Waals surface area contributed by atoms with Crippen LogP contribution in [0.15, 0.2) is 0 Å². The van der Waals surface area contributed by atoms with Crippen LogP contribution in [0.1, 0.15) is 6.42 Å². The van der Waals surface area contributed by atoms with Crippen LogP contribution in [0.25, 0.3) is 0 Å². The largest absolute Gasteiger partial charge is 0.396 e. The molecule has 5 heteroatoms. The van der Waals surface area contributed by atoms with Gasteiger partial charge in [-0.1, -0.05) is 0 Å². The lowest BCUT2D eigenvalue weighted by Gasteiger charge is -2.26. The van der Waals surface area contributed by atoms with Crippen LogP contribution in [0.5, 0.6) is 0 Å². The van der Waals surface area contributed by atoms with Gasteiger partial charge in [-0.15, -0.1) is 0 Å². The van der Waals surface area contributed by atoms with Crippen molar-refractivity contribution in [3.05, 3.63) is 0 Å². The van der Waals surface area contributed by atoms with E-state index in [9.17, 15) is 0 Å². The number of hydrogen-bond donors (Lipinski definition) is 3. The average molecular weight is 206 g/mol. The maximum Gasteiger partial charge on any atom is 0.104 e. The molecule has 1 aliphatic rings. The summed E-state index contributed by atoms with van der Waals surface area (Å²) < 4.78 is 10.2. The highest BCUT2D eigenvalue weighted by Crippen LogP contribution is 2.20. The Morgan fingerprint density at radius 1 is 1.21 bits per heavy atom. The van der Waals surface area contributed by atoms with Gasteiger partial charge >= 0.3 is 0 Å². The molecule has 0 radical (unpaired) electrons. The zero-order valence-electron chi connectivity index (χ0n) is 8.19. The van der Waals surface area contributed by atoms with E-state index in [-0.39, 0.29) is 25.9 Å². The van der Waals surface area contributed by atoms with Crippen molar-refractivity contribution in [3.8, 4) is 0 Å². The van der Waals surface area contributed by atoms with Crippen LogP contribution in [0.2, 0.25) is 0 Å². The van der Waals surface area contributed by atoms with E-state index in [0.717, 1.165) is 6.61 Å². The molecule has 0 saturated carbocycles. The Bertz CT molecular complexity index is 145. The number of rotatable bonds is 8. The van der Waals surface area contributed by atoms with Gasteiger partial charge in [0.2, 0.25) is 0 Å². The second kappa shape index (κ2) is 5.63. The number of aliphatic hydroxyl groups excluding tert-OH is 3. The molecule has 0 aromatic heterocycles. The van der Waals surface area contributed by atoms with Gasteiger partial charge in [-0.3, -0.25) is 0 Å². The second-order valence-electron chi connectivity index (χ2n) is 3.75. The molecule has 0 spiro atoms. The van der Waals surface area contributed by atoms with Crippen molar-refractivity contribution in [1.29, 1.82) is 0 Å². The summed E-state index contributed by atoms with van der Waals surface area (Å²) in [5.41, 5.74) is -0.815. The van der Waals surface area contributed by atoms with Gasteiger partial charge in [-0.05, 0) is 6.42 Å². The van der Waals surface area contributed by atoms with Gasteiger partial charge in [0.1, 0.15) is 6.10 Å². The van der Waals surface area contributed by atoms with Gasteiger partial charge in [0, 0.05) is 12.0 Å². The van der Waals surface area contributed by atoms with Gasteiger partial charge in [-0.2, -0.15) is 0 Å². The molecule has 0 aromatic carbocycles. The Hall–Kier alpha value is -0.200. The summed E-state index contributed by atoms with van der Waals surface area (Å²) in [4.78, 5) is 0. The molecule has 5 nitrogen and oxygen atoms in total. The number of epoxide rings is 1. The summed E-state index contributed by atoms with van der Waals surface area (Å²) in [7, 11) is 0. The number of aliphatic hydroxyl groups is 3.